The molecule has 0 aliphatic rings. The maximum absolute atomic E-state index is 11.0. The van der Waals surface area contributed by atoms with Crippen LogP contribution in [0.25, 0.3) is 0 Å². The van der Waals surface area contributed by atoms with Crippen LogP contribution in [0.1, 0.15) is 0 Å². The zero-order chi connectivity index (χ0) is 5.70. The van der Waals surface area contributed by atoms with Crippen molar-refractivity contribution in [3.05, 3.63) is 0 Å². The molecule has 0 aliphatic heterocycles. The van der Waals surface area contributed by atoms with Crippen LogP contribution < -0.4 is 5.32 Å². The zero-order valence-electron chi connectivity index (χ0n) is 3.61. The Hall–Kier alpha value is -0.800. The molecular formula is C3H5FNO2. The molecule has 0 spiro atoms. The van der Waals surface area contributed by atoms with Gasteiger partial charge in [0.2, 0.25) is 0 Å². The van der Waals surface area contributed by atoms with Gasteiger partial charge in [-0.05, 0) is 0 Å². The highest BCUT2D eigenvalue weighted by molar-refractivity contribution is 5.63. The first kappa shape index (κ1) is 6.20. The molecule has 1 N–H and O–H groups in total. The number of nitrogens with one attached hydrogen (secondary N) is 1. The van der Waals surface area contributed by atoms with Gasteiger partial charge in [-0.1, -0.05) is 0 Å². The molecule has 1 amide bonds. The van der Waals surface area contributed by atoms with Crippen molar-refractivity contribution in [2.24, 2.45) is 0 Å². The summed E-state index contributed by atoms with van der Waals surface area (Å²) < 4.78 is 11.0. The second-order valence-electron chi connectivity index (χ2n) is 0.903. The first-order valence-corrected chi connectivity index (χ1v) is 1.78. The number of hydrogen-bond donors (Lipinski definition) is 1. The number of hydrogen-bond acceptors (Lipinski definition) is 1. The van der Waals surface area contributed by atoms with Gasteiger partial charge in [0.05, 0.1) is 0 Å². The average Bonchev–Trinajstić information content (AvgIpc) is 1.61. The molecule has 0 heterocycles. The van der Waals surface area contributed by atoms with Gasteiger partial charge in [-0.2, -0.15) is 0 Å². The van der Waals surface area contributed by atoms with Gasteiger partial charge in [0.1, 0.15) is 6.67 Å². The van der Waals surface area contributed by atoms with E-state index >= 15 is 0 Å². The van der Waals surface area contributed by atoms with E-state index in [4.69, 9.17) is 0 Å². The van der Waals surface area contributed by atoms with Gasteiger partial charge in [-0.25, -0.2) is 14.3 Å². The Kier molecular flexibility index (Phi) is 3.00. The Morgan fingerprint density at radius 1 is 1.71 bits per heavy atom. The quantitative estimate of drug-likeness (QED) is 0.533. The SMILES string of the molecule is [O]C(=O)NCCF. The molecule has 0 aliphatic carbocycles. The first-order chi connectivity index (χ1) is 3.27. The van der Waals surface area contributed by atoms with Crippen LogP contribution in [-0.2, 0) is 5.11 Å². The molecule has 0 saturated carbocycles. The second kappa shape index (κ2) is 3.39. The Bertz CT molecular complexity index is 66.0. The summed E-state index contributed by atoms with van der Waals surface area (Å²) in [4.78, 5) is 9.37. The molecule has 0 saturated heterocycles. The summed E-state index contributed by atoms with van der Waals surface area (Å²) in [5, 5.41) is 11.1. The van der Waals surface area contributed by atoms with Crippen molar-refractivity contribution >= 4 is 6.09 Å². The van der Waals surface area contributed by atoms with E-state index in [0.717, 1.165) is 0 Å². The Morgan fingerprint density at radius 2 is 2.29 bits per heavy atom. The van der Waals surface area contributed by atoms with E-state index in [-0.39, 0.29) is 6.54 Å². The number of rotatable bonds is 2. The summed E-state index contributed by atoms with van der Waals surface area (Å²) in [6, 6.07) is 0. The number of carbonyl (C=O) groups is 1. The standard InChI is InChI=1S/C3H5FNO2/c4-1-2-5-3(6)7/h5H,1-2H2. The molecule has 0 aromatic carbocycles. The van der Waals surface area contributed by atoms with Crippen molar-refractivity contribution in [3.63, 3.8) is 0 Å². The van der Waals surface area contributed by atoms with Crippen LogP contribution in [0.3, 0.4) is 0 Å². The fourth-order valence-corrected chi connectivity index (χ4v) is 0.149. The lowest BCUT2D eigenvalue weighted by Gasteiger charge is -1.87. The third-order valence-electron chi connectivity index (χ3n) is 0.364. The van der Waals surface area contributed by atoms with Crippen molar-refractivity contribution < 1.29 is 14.3 Å². The lowest BCUT2D eigenvalue weighted by Crippen LogP contribution is -2.21. The van der Waals surface area contributed by atoms with Crippen LogP contribution in [0.15, 0.2) is 0 Å². The molecule has 41 valence electrons. The predicted molar refractivity (Wildman–Crippen MR) is 20.1 cm³/mol. The summed E-state index contributed by atoms with van der Waals surface area (Å²) in [6.45, 7) is -0.865. The van der Waals surface area contributed by atoms with Crippen molar-refractivity contribution in [2.75, 3.05) is 13.2 Å². The van der Waals surface area contributed by atoms with E-state index in [2.05, 4.69) is 0 Å². The molecule has 1 radical (unpaired) electrons. The monoisotopic (exact) mass is 106 g/mol. The van der Waals surface area contributed by atoms with Crippen molar-refractivity contribution in [1.82, 2.24) is 5.32 Å². The van der Waals surface area contributed by atoms with E-state index in [0.29, 0.717) is 0 Å². The Morgan fingerprint density at radius 3 is 2.43 bits per heavy atom. The highest BCUT2D eigenvalue weighted by Crippen LogP contribution is 1.63. The molecule has 0 bridgehead atoms. The van der Waals surface area contributed by atoms with E-state index in [1.54, 1.807) is 5.32 Å². The summed E-state index contributed by atoms with van der Waals surface area (Å²) in [5.74, 6) is 0. The average molecular weight is 106 g/mol. The first-order valence-electron chi connectivity index (χ1n) is 1.78. The minimum atomic E-state index is -1.43. The molecule has 0 aromatic heterocycles. The van der Waals surface area contributed by atoms with Crippen molar-refractivity contribution in [3.8, 4) is 0 Å². The Labute approximate surface area is 40.1 Å². The highest BCUT2D eigenvalue weighted by atomic mass is 19.1. The molecule has 3 nitrogen and oxygen atoms in total. The number of amides is 1. The fraction of sp³-hybridized carbons (Fsp3) is 0.667. The molecule has 0 rings (SSSR count). The van der Waals surface area contributed by atoms with E-state index in [1.807, 2.05) is 0 Å². The molecule has 0 atom stereocenters. The van der Waals surface area contributed by atoms with Crippen molar-refractivity contribution in [2.45, 2.75) is 0 Å². The third kappa shape index (κ3) is 5.20. The van der Waals surface area contributed by atoms with E-state index in [9.17, 15) is 14.3 Å². The van der Waals surface area contributed by atoms with Gasteiger partial charge < -0.3 is 5.32 Å². The van der Waals surface area contributed by atoms with Crippen LogP contribution in [0.2, 0.25) is 0 Å². The molecule has 0 fully saturated rings. The summed E-state index contributed by atoms with van der Waals surface area (Å²) in [5.41, 5.74) is 0. The van der Waals surface area contributed by atoms with Crippen LogP contribution in [0.5, 0.6) is 0 Å². The lowest BCUT2D eigenvalue weighted by molar-refractivity contribution is 0.167. The van der Waals surface area contributed by atoms with Crippen LogP contribution in [0, 0.1) is 0 Å². The van der Waals surface area contributed by atoms with Crippen LogP contribution in [-0.4, -0.2) is 19.3 Å². The topological polar surface area (TPSA) is 49.0 Å². The normalized spacial score (nSPS) is 8.14. The Balaban J connectivity index is 2.82. The number of carbonyl (C=O) groups excluding carboxylic acids is 1. The summed E-state index contributed by atoms with van der Waals surface area (Å²) >= 11 is 0. The molecule has 0 aromatic rings. The minimum absolute atomic E-state index is 0.178. The van der Waals surface area contributed by atoms with E-state index < -0.39 is 12.8 Å². The summed E-state index contributed by atoms with van der Waals surface area (Å²) in [7, 11) is 0. The van der Waals surface area contributed by atoms with Gasteiger partial charge in [-0.3, -0.25) is 0 Å². The highest BCUT2D eigenvalue weighted by Gasteiger charge is 1.91. The van der Waals surface area contributed by atoms with Crippen molar-refractivity contribution in [1.29, 1.82) is 0 Å². The fourth-order valence-electron chi connectivity index (χ4n) is 0.149. The smallest absolute Gasteiger partial charge is 0.316 e. The minimum Gasteiger partial charge on any atom is -0.316 e. The molecule has 4 heteroatoms. The largest absolute Gasteiger partial charge is 0.450 e. The van der Waals surface area contributed by atoms with Crippen LogP contribution in [0.4, 0.5) is 9.18 Å². The molecule has 0 unspecified atom stereocenters. The second-order valence-corrected chi connectivity index (χ2v) is 0.903. The van der Waals surface area contributed by atoms with Gasteiger partial charge in [0.25, 0.3) is 0 Å². The number of halogens is 1. The maximum atomic E-state index is 11.0. The van der Waals surface area contributed by atoms with Gasteiger partial charge >= 0.3 is 6.09 Å². The zero-order valence-corrected chi connectivity index (χ0v) is 3.61. The number of alkyl halides is 1. The summed E-state index contributed by atoms with van der Waals surface area (Å²) in [6.07, 6.45) is -1.43. The third-order valence-corrected chi connectivity index (χ3v) is 0.364. The van der Waals surface area contributed by atoms with Gasteiger partial charge in [0, 0.05) is 6.54 Å². The molecule has 7 heavy (non-hydrogen) atoms. The molecular weight excluding hydrogens is 101 g/mol. The van der Waals surface area contributed by atoms with E-state index in [1.165, 1.54) is 0 Å². The predicted octanol–water partition coefficient (Wildman–Crippen LogP) is 0.0960. The van der Waals surface area contributed by atoms with Gasteiger partial charge in [0.15, 0.2) is 0 Å². The maximum Gasteiger partial charge on any atom is 0.450 e. The lowest BCUT2D eigenvalue weighted by atomic mass is 10.7. The van der Waals surface area contributed by atoms with Crippen LogP contribution >= 0.6 is 0 Å². The van der Waals surface area contributed by atoms with Gasteiger partial charge in [-0.15, -0.1) is 0 Å².